The maximum Gasteiger partial charge on any atom is 0.412 e. The smallest absolute Gasteiger partial charge is 0.412 e. The quantitative estimate of drug-likeness (QED) is 0.610. The van der Waals surface area contributed by atoms with Crippen LogP contribution in [0, 0.1) is 0 Å². The fourth-order valence-electron chi connectivity index (χ4n) is 4.70. The van der Waals surface area contributed by atoms with E-state index in [4.69, 9.17) is 14.2 Å². The highest BCUT2D eigenvalue weighted by Gasteiger charge is 2.52. The molecule has 2 aromatic rings. The van der Waals surface area contributed by atoms with Crippen LogP contribution in [0.15, 0.2) is 48.5 Å². The number of hydrogen-bond donors (Lipinski definition) is 2. The van der Waals surface area contributed by atoms with Crippen LogP contribution in [-0.4, -0.2) is 54.7 Å². The summed E-state index contributed by atoms with van der Waals surface area (Å²) in [5.74, 6) is 0.598. The van der Waals surface area contributed by atoms with Gasteiger partial charge in [-0.3, -0.25) is 15.5 Å². The number of anilines is 1. The number of fused-ring (bicyclic) bond motifs is 1. The van der Waals surface area contributed by atoms with Crippen LogP contribution in [0.25, 0.3) is 0 Å². The molecule has 0 bridgehead atoms. The summed E-state index contributed by atoms with van der Waals surface area (Å²) < 4.78 is 17.0. The highest BCUT2D eigenvalue weighted by molar-refractivity contribution is 5.85. The Hall–Kier alpha value is -3.26. The van der Waals surface area contributed by atoms with Gasteiger partial charge in [0.2, 0.25) is 0 Å². The molecule has 2 aromatic carbocycles. The Morgan fingerprint density at radius 3 is 2.49 bits per heavy atom. The summed E-state index contributed by atoms with van der Waals surface area (Å²) in [5, 5.41) is 6.00. The van der Waals surface area contributed by atoms with E-state index >= 15 is 0 Å². The molecule has 1 fully saturated rings. The van der Waals surface area contributed by atoms with Gasteiger partial charge < -0.3 is 14.2 Å². The Bertz CT molecular complexity index is 1050. The van der Waals surface area contributed by atoms with Crippen molar-refractivity contribution in [3.63, 3.8) is 0 Å². The summed E-state index contributed by atoms with van der Waals surface area (Å²) in [6.07, 6.45) is 0.743. The van der Waals surface area contributed by atoms with Crippen LogP contribution in [0.4, 0.5) is 15.3 Å². The van der Waals surface area contributed by atoms with Gasteiger partial charge >= 0.3 is 12.2 Å². The number of alkyl carbamates (subject to hydrolysis) is 1. The summed E-state index contributed by atoms with van der Waals surface area (Å²) in [7, 11) is 0. The SMILES string of the molecule is CCOC(=O)NC1(N2CCC2)COc2ccc(NC(=O)OC(C)(C)C)cc2C1Cc1ccccc1. The fraction of sp³-hybridized carbons (Fsp3) is 0.481. The molecule has 1 saturated heterocycles. The second kappa shape index (κ2) is 10.2. The zero-order valence-electron chi connectivity index (χ0n) is 20.9. The molecular formula is C27H35N3O5. The van der Waals surface area contributed by atoms with E-state index in [0.29, 0.717) is 18.7 Å². The van der Waals surface area contributed by atoms with Gasteiger partial charge in [-0.05, 0) is 64.3 Å². The third-order valence-electron chi connectivity index (χ3n) is 6.35. The molecule has 35 heavy (non-hydrogen) atoms. The lowest BCUT2D eigenvalue weighted by Gasteiger charge is -2.54. The van der Waals surface area contributed by atoms with Gasteiger partial charge in [-0.2, -0.15) is 0 Å². The minimum absolute atomic E-state index is 0.140. The molecule has 2 N–H and O–H groups in total. The van der Waals surface area contributed by atoms with E-state index in [1.54, 1.807) is 13.0 Å². The van der Waals surface area contributed by atoms with Crippen LogP contribution in [0.1, 0.15) is 51.2 Å². The van der Waals surface area contributed by atoms with E-state index in [1.165, 1.54) is 0 Å². The van der Waals surface area contributed by atoms with E-state index < -0.39 is 23.5 Å². The number of carbonyl (C=O) groups is 2. The normalized spacial score (nSPS) is 21.7. The molecule has 0 aromatic heterocycles. The number of rotatable bonds is 6. The molecule has 8 nitrogen and oxygen atoms in total. The van der Waals surface area contributed by atoms with E-state index in [2.05, 4.69) is 27.7 Å². The van der Waals surface area contributed by atoms with Crippen molar-refractivity contribution in [2.75, 3.05) is 31.6 Å². The zero-order valence-corrected chi connectivity index (χ0v) is 20.9. The summed E-state index contributed by atoms with van der Waals surface area (Å²) in [4.78, 5) is 27.4. The molecule has 0 aliphatic carbocycles. The third kappa shape index (κ3) is 5.70. The Labute approximate surface area is 206 Å². The maximum absolute atomic E-state index is 12.7. The molecule has 188 valence electrons. The van der Waals surface area contributed by atoms with E-state index in [-0.39, 0.29) is 12.5 Å². The van der Waals surface area contributed by atoms with Gasteiger partial charge in [-0.1, -0.05) is 30.3 Å². The lowest BCUT2D eigenvalue weighted by atomic mass is 9.77. The van der Waals surface area contributed by atoms with Crippen LogP contribution in [-0.2, 0) is 15.9 Å². The Kier molecular flexibility index (Phi) is 7.21. The van der Waals surface area contributed by atoms with Crippen LogP contribution in [0.5, 0.6) is 5.75 Å². The number of benzene rings is 2. The minimum Gasteiger partial charge on any atom is -0.489 e. The number of carbonyl (C=O) groups excluding carboxylic acids is 2. The Morgan fingerprint density at radius 2 is 1.86 bits per heavy atom. The number of amides is 2. The molecule has 8 heteroatoms. The minimum atomic E-state index is -0.780. The number of nitrogens with zero attached hydrogens (tertiary/aromatic N) is 1. The molecule has 2 aliphatic heterocycles. The van der Waals surface area contributed by atoms with Crippen LogP contribution >= 0.6 is 0 Å². The fourth-order valence-corrected chi connectivity index (χ4v) is 4.70. The third-order valence-corrected chi connectivity index (χ3v) is 6.35. The van der Waals surface area contributed by atoms with Gasteiger partial charge in [0.1, 0.15) is 23.6 Å². The first-order valence-electron chi connectivity index (χ1n) is 12.2. The monoisotopic (exact) mass is 481 g/mol. The van der Waals surface area contributed by atoms with Crippen molar-refractivity contribution in [1.82, 2.24) is 10.2 Å². The predicted octanol–water partition coefficient (Wildman–Crippen LogP) is 4.90. The molecule has 2 amide bonds. The lowest BCUT2D eigenvalue weighted by molar-refractivity contribution is -0.0561. The summed E-state index contributed by atoms with van der Waals surface area (Å²) in [5.41, 5.74) is 1.28. The van der Waals surface area contributed by atoms with Gasteiger partial charge in [0.05, 0.1) is 6.61 Å². The van der Waals surface area contributed by atoms with Gasteiger partial charge in [0, 0.05) is 30.3 Å². The molecule has 0 spiro atoms. The van der Waals surface area contributed by atoms with Gasteiger partial charge in [0.25, 0.3) is 0 Å². The van der Waals surface area contributed by atoms with Gasteiger partial charge in [-0.25, -0.2) is 9.59 Å². The molecule has 4 rings (SSSR count). The van der Waals surface area contributed by atoms with E-state index in [1.807, 2.05) is 51.1 Å². The lowest BCUT2D eigenvalue weighted by Crippen LogP contribution is -2.71. The summed E-state index contributed by atoms with van der Waals surface area (Å²) in [6, 6.07) is 15.8. The van der Waals surface area contributed by atoms with Crippen molar-refractivity contribution in [3.05, 3.63) is 59.7 Å². The highest BCUT2D eigenvalue weighted by atomic mass is 16.6. The molecule has 2 aliphatic rings. The second-order valence-corrected chi connectivity index (χ2v) is 10.0. The standard InChI is InChI=1S/C27H35N3O5/c1-5-33-25(32)29-27(30-14-9-15-30)18-34-23-13-12-20(28-24(31)35-26(2,3)4)17-21(23)22(27)16-19-10-7-6-8-11-19/h6-8,10-13,17,22H,5,9,14-16,18H2,1-4H3,(H,28,31)(H,29,32). The largest absolute Gasteiger partial charge is 0.489 e. The predicted molar refractivity (Wildman–Crippen MR) is 134 cm³/mol. The van der Waals surface area contributed by atoms with Gasteiger partial charge in [-0.15, -0.1) is 0 Å². The summed E-state index contributed by atoms with van der Waals surface area (Å²) >= 11 is 0. The first-order chi connectivity index (χ1) is 16.7. The van der Waals surface area contributed by atoms with Crippen LogP contribution < -0.4 is 15.4 Å². The van der Waals surface area contributed by atoms with E-state index in [9.17, 15) is 9.59 Å². The number of nitrogens with one attached hydrogen (secondary N) is 2. The Morgan fingerprint density at radius 1 is 1.11 bits per heavy atom. The van der Waals surface area contributed by atoms with Crippen molar-refractivity contribution in [3.8, 4) is 5.75 Å². The molecular weight excluding hydrogens is 446 g/mol. The second-order valence-electron chi connectivity index (χ2n) is 10.0. The van der Waals surface area contributed by atoms with Gasteiger partial charge in [0.15, 0.2) is 0 Å². The highest BCUT2D eigenvalue weighted by Crippen LogP contribution is 2.45. The molecule has 2 heterocycles. The Balaban J connectivity index is 1.73. The van der Waals surface area contributed by atoms with E-state index in [0.717, 1.165) is 36.4 Å². The summed E-state index contributed by atoms with van der Waals surface area (Å²) in [6.45, 7) is 9.56. The number of hydrogen-bond acceptors (Lipinski definition) is 6. The molecule has 0 saturated carbocycles. The maximum atomic E-state index is 12.7. The van der Waals surface area contributed by atoms with Crippen molar-refractivity contribution in [2.45, 2.75) is 57.7 Å². The number of ether oxygens (including phenoxy) is 3. The first kappa shape index (κ1) is 24.9. The van der Waals surface area contributed by atoms with Crippen molar-refractivity contribution in [2.24, 2.45) is 0 Å². The zero-order chi connectivity index (χ0) is 25.1. The molecule has 0 radical (unpaired) electrons. The average molecular weight is 482 g/mol. The number of likely N-dealkylation sites (tertiary alicyclic amines) is 1. The topological polar surface area (TPSA) is 89.1 Å². The van der Waals surface area contributed by atoms with Crippen LogP contribution in [0.2, 0.25) is 0 Å². The molecule has 2 unspecified atom stereocenters. The van der Waals surface area contributed by atoms with Crippen molar-refractivity contribution in [1.29, 1.82) is 0 Å². The van der Waals surface area contributed by atoms with Crippen molar-refractivity contribution < 1.29 is 23.8 Å². The average Bonchev–Trinajstić information content (AvgIpc) is 2.74. The molecule has 2 atom stereocenters. The van der Waals surface area contributed by atoms with Crippen LogP contribution in [0.3, 0.4) is 0 Å². The van der Waals surface area contributed by atoms with Crippen molar-refractivity contribution >= 4 is 17.9 Å². The first-order valence-corrected chi connectivity index (χ1v) is 12.2.